The van der Waals surface area contributed by atoms with Crippen LogP contribution in [0.4, 0.5) is 11.5 Å². The van der Waals surface area contributed by atoms with Crippen molar-refractivity contribution in [2.24, 2.45) is 5.92 Å². The van der Waals surface area contributed by atoms with Crippen molar-refractivity contribution in [1.82, 2.24) is 4.98 Å². The lowest BCUT2D eigenvalue weighted by atomic mass is 10.1. The number of nitrogens with zero attached hydrogens (tertiary/aromatic N) is 1. The lowest BCUT2D eigenvalue weighted by Gasteiger charge is -2.21. The zero-order chi connectivity index (χ0) is 11.4. The van der Waals surface area contributed by atoms with Crippen molar-refractivity contribution in [1.29, 1.82) is 0 Å². The highest BCUT2D eigenvalue weighted by Crippen LogP contribution is 2.20. The van der Waals surface area contributed by atoms with Crippen molar-refractivity contribution in [3.63, 3.8) is 0 Å². The summed E-state index contributed by atoms with van der Waals surface area (Å²) < 4.78 is 0. The average Bonchev–Trinajstić information content (AvgIpc) is 2.19. The summed E-state index contributed by atoms with van der Waals surface area (Å²) in [4.78, 5) is 4.16. The quantitative estimate of drug-likeness (QED) is 0.701. The Morgan fingerprint density at radius 2 is 2.20 bits per heavy atom. The molecule has 0 aliphatic heterocycles. The number of hydrogen-bond donors (Lipinski definition) is 3. The fourth-order valence-corrected chi connectivity index (χ4v) is 1.28. The summed E-state index contributed by atoms with van der Waals surface area (Å²) in [6.45, 7) is 6.10. The molecule has 15 heavy (non-hydrogen) atoms. The molecule has 0 fully saturated rings. The molecule has 0 radical (unpaired) electrons. The number of anilines is 2. The van der Waals surface area contributed by atoms with Crippen LogP contribution in [0.2, 0.25) is 0 Å². The molecule has 1 atom stereocenters. The molecule has 4 N–H and O–H groups in total. The van der Waals surface area contributed by atoms with Crippen molar-refractivity contribution in [3.05, 3.63) is 17.8 Å². The predicted octanol–water partition coefficient (Wildman–Crippen LogP) is 1.40. The van der Waals surface area contributed by atoms with Crippen LogP contribution in [0.25, 0.3) is 0 Å². The maximum atomic E-state index is 9.19. The Morgan fingerprint density at radius 1 is 1.53 bits per heavy atom. The first kappa shape index (κ1) is 11.8. The van der Waals surface area contributed by atoms with E-state index in [1.54, 1.807) is 6.20 Å². The molecule has 0 unspecified atom stereocenters. The molecule has 1 aromatic heterocycles. The molecule has 4 nitrogen and oxygen atoms in total. The van der Waals surface area contributed by atoms with Gasteiger partial charge in [0.2, 0.25) is 0 Å². The summed E-state index contributed by atoms with van der Waals surface area (Å²) in [6.07, 6.45) is 1.71. The standard InChI is InChI=1S/C11H19N3O/c1-7(2)9(6-15)14-11-10(12)8(3)4-5-13-11/h4-5,7,9,15H,6,12H2,1-3H3,(H,13,14)/t9-/m1/s1. The van der Waals surface area contributed by atoms with Gasteiger partial charge in [-0.15, -0.1) is 0 Å². The van der Waals surface area contributed by atoms with Gasteiger partial charge in [-0.1, -0.05) is 13.8 Å². The molecular formula is C11H19N3O. The van der Waals surface area contributed by atoms with Crippen LogP contribution in [-0.4, -0.2) is 22.7 Å². The highest BCUT2D eigenvalue weighted by molar-refractivity contribution is 5.65. The van der Waals surface area contributed by atoms with Gasteiger partial charge in [0.25, 0.3) is 0 Å². The van der Waals surface area contributed by atoms with Crippen molar-refractivity contribution in [3.8, 4) is 0 Å². The molecule has 0 aliphatic rings. The van der Waals surface area contributed by atoms with Crippen LogP contribution in [0, 0.1) is 12.8 Å². The number of aryl methyl sites for hydroxylation is 1. The Morgan fingerprint density at radius 3 is 2.73 bits per heavy atom. The number of aliphatic hydroxyl groups excluding tert-OH is 1. The van der Waals surface area contributed by atoms with Crippen LogP contribution in [0.5, 0.6) is 0 Å². The molecule has 0 bridgehead atoms. The minimum atomic E-state index is -0.0124. The third kappa shape index (κ3) is 2.83. The number of nitrogen functional groups attached to an aromatic ring is 1. The summed E-state index contributed by atoms with van der Waals surface area (Å²) in [5.74, 6) is 0.986. The third-order valence-corrected chi connectivity index (χ3v) is 2.53. The van der Waals surface area contributed by atoms with Gasteiger partial charge in [0.15, 0.2) is 0 Å². The fraction of sp³-hybridized carbons (Fsp3) is 0.545. The fourth-order valence-electron chi connectivity index (χ4n) is 1.28. The van der Waals surface area contributed by atoms with E-state index in [-0.39, 0.29) is 12.6 Å². The van der Waals surface area contributed by atoms with Gasteiger partial charge in [0.05, 0.1) is 18.3 Å². The SMILES string of the molecule is Cc1ccnc(N[C@H](CO)C(C)C)c1N. The van der Waals surface area contributed by atoms with Crippen LogP contribution in [0.3, 0.4) is 0 Å². The van der Waals surface area contributed by atoms with E-state index in [0.29, 0.717) is 17.4 Å². The minimum Gasteiger partial charge on any atom is -0.396 e. The van der Waals surface area contributed by atoms with Crippen LogP contribution in [0.1, 0.15) is 19.4 Å². The van der Waals surface area contributed by atoms with Gasteiger partial charge in [0.1, 0.15) is 5.82 Å². The second kappa shape index (κ2) is 4.98. The monoisotopic (exact) mass is 209 g/mol. The highest BCUT2D eigenvalue weighted by Gasteiger charge is 2.14. The van der Waals surface area contributed by atoms with Gasteiger partial charge in [-0.05, 0) is 24.5 Å². The first-order valence-corrected chi connectivity index (χ1v) is 5.14. The number of nitrogens with two attached hydrogens (primary N) is 1. The topological polar surface area (TPSA) is 71.2 Å². The zero-order valence-electron chi connectivity index (χ0n) is 9.49. The van der Waals surface area contributed by atoms with Gasteiger partial charge in [-0.3, -0.25) is 0 Å². The number of hydrogen-bond acceptors (Lipinski definition) is 4. The van der Waals surface area contributed by atoms with Gasteiger partial charge in [-0.2, -0.15) is 0 Å². The van der Waals surface area contributed by atoms with Gasteiger partial charge in [-0.25, -0.2) is 4.98 Å². The molecule has 0 saturated carbocycles. The largest absolute Gasteiger partial charge is 0.396 e. The summed E-state index contributed by atoms with van der Waals surface area (Å²) >= 11 is 0. The number of rotatable bonds is 4. The van der Waals surface area contributed by atoms with E-state index in [1.165, 1.54) is 0 Å². The Kier molecular flexibility index (Phi) is 3.91. The molecule has 0 amide bonds. The minimum absolute atomic E-state index is 0.0124. The molecule has 0 aliphatic carbocycles. The zero-order valence-corrected chi connectivity index (χ0v) is 9.49. The van der Waals surface area contributed by atoms with E-state index in [0.717, 1.165) is 5.56 Å². The van der Waals surface area contributed by atoms with E-state index in [2.05, 4.69) is 10.3 Å². The first-order valence-electron chi connectivity index (χ1n) is 5.14. The van der Waals surface area contributed by atoms with Crippen molar-refractivity contribution < 1.29 is 5.11 Å². The lowest BCUT2D eigenvalue weighted by Crippen LogP contribution is -2.30. The van der Waals surface area contributed by atoms with E-state index >= 15 is 0 Å². The lowest BCUT2D eigenvalue weighted by molar-refractivity contribution is 0.249. The highest BCUT2D eigenvalue weighted by atomic mass is 16.3. The van der Waals surface area contributed by atoms with Gasteiger partial charge in [0, 0.05) is 6.20 Å². The number of pyridine rings is 1. The second-order valence-corrected chi connectivity index (χ2v) is 4.07. The maximum absolute atomic E-state index is 9.19. The first-order chi connectivity index (χ1) is 7.06. The summed E-state index contributed by atoms with van der Waals surface area (Å²) in [5.41, 5.74) is 7.52. The van der Waals surface area contributed by atoms with Crippen molar-refractivity contribution in [2.75, 3.05) is 17.7 Å². The summed E-state index contributed by atoms with van der Waals surface area (Å²) in [6, 6.07) is 1.85. The van der Waals surface area contributed by atoms with Gasteiger partial charge >= 0.3 is 0 Å². The van der Waals surface area contributed by atoms with Crippen LogP contribution in [-0.2, 0) is 0 Å². The molecule has 4 heteroatoms. The second-order valence-electron chi connectivity index (χ2n) is 4.07. The van der Waals surface area contributed by atoms with Crippen LogP contribution < -0.4 is 11.1 Å². The van der Waals surface area contributed by atoms with E-state index < -0.39 is 0 Å². The summed E-state index contributed by atoms with van der Waals surface area (Å²) in [7, 11) is 0. The third-order valence-electron chi connectivity index (χ3n) is 2.53. The molecule has 1 rings (SSSR count). The Bertz CT molecular complexity index is 326. The molecule has 1 heterocycles. The predicted molar refractivity (Wildman–Crippen MR) is 62.7 cm³/mol. The molecule has 1 aromatic rings. The van der Waals surface area contributed by atoms with Crippen LogP contribution >= 0.6 is 0 Å². The van der Waals surface area contributed by atoms with E-state index in [1.807, 2.05) is 26.8 Å². The van der Waals surface area contributed by atoms with E-state index in [9.17, 15) is 5.11 Å². The molecule has 0 aromatic carbocycles. The van der Waals surface area contributed by atoms with E-state index in [4.69, 9.17) is 5.73 Å². The number of nitrogens with one attached hydrogen (secondary N) is 1. The summed E-state index contributed by atoms with van der Waals surface area (Å²) in [5, 5.41) is 12.3. The van der Waals surface area contributed by atoms with Gasteiger partial charge < -0.3 is 16.2 Å². The number of aromatic nitrogens is 1. The number of aliphatic hydroxyl groups is 1. The molecule has 84 valence electrons. The molecule has 0 spiro atoms. The smallest absolute Gasteiger partial charge is 0.149 e. The molecular weight excluding hydrogens is 190 g/mol. The van der Waals surface area contributed by atoms with Crippen molar-refractivity contribution in [2.45, 2.75) is 26.8 Å². The Hall–Kier alpha value is -1.29. The van der Waals surface area contributed by atoms with Crippen molar-refractivity contribution >= 4 is 11.5 Å². The average molecular weight is 209 g/mol. The Balaban J connectivity index is 2.84. The normalized spacial score (nSPS) is 12.9. The Labute approximate surface area is 90.5 Å². The van der Waals surface area contributed by atoms with Crippen LogP contribution in [0.15, 0.2) is 12.3 Å². The molecule has 0 saturated heterocycles. The maximum Gasteiger partial charge on any atom is 0.149 e.